The fraction of sp³-hybridized carbons (Fsp3) is 0.368. The van der Waals surface area contributed by atoms with Gasteiger partial charge in [0, 0.05) is 14.8 Å². The molecular formula is C19H21BOS. The predicted molar refractivity (Wildman–Crippen MR) is 98.5 cm³/mol. The fourth-order valence-electron chi connectivity index (χ4n) is 3.40. The lowest BCUT2D eigenvalue weighted by Gasteiger charge is -2.34. The van der Waals surface area contributed by atoms with E-state index in [1.807, 2.05) is 11.3 Å². The minimum absolute atomic E-state index is 0.0800. The minimum Gasteiger partial charge on any atom is -0.426 e. The SMILES string of the molecule is CC1(C)CB(c2ccc3sc4ccccc4c3c2)OC1(C)C. The normalized spacial score (nSPS) is 20.1. The highest BCUT2D eigenvalue weighted by molar-refractivity contribution is 7.25. The maximum atomic E-state index is 6.39. The van der Waals surface area contributed by atoms with Crippen molar-refractivity contribution >= 4 is 43.9 Å². The first kappa shape index (κ1) is 14.3. The second-order valence-electron chi connectivity index (χ2n) is 7.56. The van der Waals surface area contributed by atoms with Gasteiger partial charge in [0.05, 0.1) is 5.60 Å². The average molecular weight is 308 g/mol. The van der Waals surface area contributed by atoms with Crippen molar-refractivity contribution in [1.82, 2.24) is 0 Å². The number of thiophene rings is 1. The second-order valence-corrected chi connectivity index (χ2v) is 8.64. The Hall–Kier alpha value is -1.32. The van der Waals surface area contributed by atoms with Gasteiger partial charge in [0.15, 0.2) is 0 Å². The summed E-state index contributed by atoms with van der Waals surface area (Å²) in [5, 5.41) is 2.73. The molecule has 2 heterocycles. The number of fused-ring (bicyclic) bond motifs is 3. The zero-order chi connectivity index (χ0) is 15.5. The zero-order valence-electron chi connectivity index (χ0n) is 13.6. The number of benzene rings is 2. The van der Waals surface area contributed by atoms with Crippen molar-refractivity contribution in [3.63, 3.8) is 0 Å². The van der Waals surface area contributed by atoms with Crippen LogP contribution in [-0.4, -0.2) is 12.5 Å². The zero-order valence-corrected chi connectivity index (χ0v) is 14.5. The fourth-order valence-corrected chi connectivity index (χ4v) is 4.48. The first-order chi connectivity index (χ1) is 10.4. The quantitative estimate of drug-likeness (QED) is 0.569. The molecule has 0 N–H and O–H groups in total. The molecule has 1 aliphatic rings. The molecule has 1 saturated heterocycles. The van der Waals surface area contributed by atoms with Crippen LogP contribution in [0.5, 0.6) is 0 Å². The second kappa shape index (κ2) is 4.59. The lowest BCUT2D eigenvalue weighted by atomic mass is 9.54. The summed E-state index contributed by atoms with van der Waals surface area (Å²) in [5.41, 5.74) is 1.43. The van der Waals surface area contributed by atoms with Crippen LogP contribution < -0.4 is 5.46 Å². The van der Waals surface area contributed by atoms with Gasteiger partial charge >= 0.3 is 6.92 Å². The molecule has 0 aliphatic carbocycles. The molecule has 22 heavy (non-hydrogen) atoms. The molecule has 0 saturated carbocycles. The highest BCUT2D eigenvalue weighted by Gasteiger charge is 2.49. The van der Waals surface area contributed by atoms with Crippen LogP contribution in [0.2, 0.25) is 6.32 Å². The summed E-state index contributed by atoms with van der Waals surface area (Å²) in [7, 11) is 0. The van der Waals surface area contributed by atoms with Crippen LogP contribution >= 0.6 is 11.3 Å². The van der Waals surface area contributed by atoms with E-state index in [2.05, 4.69) is 70.2 Å². The summed E-state index contributed by atoms with van der Waals surface area (Å²) in [6.07, 6.45) is 1.08. The lowest BCUT2D eigenvalue weighted by molar-refractivity contribution is 0.0375. The lowest BCUT2D eigenvalue weighted by Crippen LogP contribution is -2.36. The Morgan fingerprint density at radius 2 is 1.68 bits per heavy atom. The summed E-state index contributed by atoms with van der Waals surface area (Å²) in [5.74, 6) is 0. The standard InChI is InChI=1S/C19H21BOS/c1-18(2)12-20(21-19(18,3)4)13-9-10-17-15(11-13)14-7-5-6-8-16(14)22-17/h5-11H,12H2,1-4H3. The Kier molecular flexibility index (Phi) is 2.98. The van der Waals surface area contributed by atoms with Gasteiger partial charge in [-0.25, -0.2) is 0 Å². The van der Waals surface area contributed by atoms with Crippen molar-refractivity contribution in [2.24, 2.45) is 5.41 Å². The van der Waals surface area contributed by atoms with Crippen molar-refractivity contribution in [2.75, 3.05) is 0 Å². The third kappa shape index (κ3) is 2.03. The van der Waals surface area contributed by atoms with Gasteiger partial charge in [0.2, 0.25) is 0 Å². The molecule has 0 atom stereocenters. The molecule has 0 spiro atoms. The van der Waals surface area contributed by atoms with E-state index in [4.69, 9.17) is 4.65 Å². The van der Waals surface area contributed by atoms with Crippen molar-refractivity contribution in [3.05, 3.63) is 42.5 Å². The van der Waals surface area contributed by atoms with Gasteiger partial charge in [-0.2, -0.15) is 0 Å². The molecule has 1 fully saturated rings. The molecule has 0 unspecified atom stereocenters. The summed E-state index contributed by atoms with van der Waals surface area (Å²) < 4.78 is 9.12. The topological polar surface area (TPSA) is 9.23 Å². The van der Waals surface area contributed by atoms with Crippen molar-refractivity contribution in [3.8, 4) is 0 Å². The first-order valence-corrected chi connectivity index (χ1v) is 8.78. The van der Waals surface area contributed by atoms with Crippen LogP contribution in [0.15, 0.2) is 42.5 Å². The Bertz CT molecular complexity index is 846. The Morgan fingerprint density at radius 3 is 2.41 bits per heavy atom. The molecular weight excluding hydrogens is 287 g/mol. The van der Waals surface area contributed by atoms with Gasteiger partial charge in [-0.05, 0) is 48.6 Å². The number of rotatable bonds is 1. The van der Waals surface area contributed by atoms with Gasteiger partial charge in [-0.3, -0.25) is 0 Å². The van der Waals surface area contributed by atoms with E-state index in [9.17, 15) is 0 Å². The summed E-state index contributed by atoms with van der Waals surface area (Å²) in [6, 6.07) is 15.5. The highest BCUT2D eigenvalue weighted by Crippen LogP contribution is 2.45. The van der Waals surface area contributed by atoms with Crippen molar-refractivity contribution in [2.45, 2.75) is 39.6 Å². The third-order valence-corrected chi connectivity index (χ3v) is 6.69. The number of hydrogen-bond acceptors (Lipinski definition) is 2. The van der Waals surface area contributed by atoms with Crippen molar-refractivity contribution in [1.29, 1.82) is 0 Å². The van der Waals surface area contributed by atoms with Crippen LogP contribution in [0.1, 0.15) is 27.7 Å². The van der Waals surface area contributed by atoms with Crippen LogP contribution in [-0.2, 0) is 4.65 Å². The largest absolute Gasteiger partial charge is 0.426 e. The van der Waals surface area contributed by atoms with Gasteiger partial charge in [0.25, 0.3) is 0 Å². The van der Waals surface area contributed by atoms with E-state index in [-0.39, 0.29) is 17.9 Å². The molecule has 1 nitrogen and oxygen atoms in total. The first-order valence-electron chi connectivity index (χ1n) is 7.96. The van der Waals surface area contributed by atoms with Crippen molar-refractivity contribution < 1.29 is 4.65 Å². The summed E-state index contributed by atoms with van der Waals surface area (Å²) in [4.78, 5) is 0. The molecule has 3 heteroatoms. The van der Waals surface area contributed by atoms with E-state index in [1.165, 1.54) is 25.6 Å². The maximum absolute atomic E-state index is 6.39. The van der Waals surface area contributed by atoms with Gasteiger partial charge in [0.1, 0.15) is 0 Å². The summed E-state index contributed by atoms with van der Waals surface area (Å²) in [6.45, 7) is 9.25. The van der Waals surface area contributed by atoms with E-state index >= 15 is 0 Å². The van der Waals surface area contributed by atoms with Gasteiger partial charge < -0.3 is 4.65 Å². The smallest absolute Gasteiger partial charge is 0.327 e. The predicted octanol–water partition coefficient (Wildman–Crippen LogP) is 5.09. The average Bonchev–Trinajstić information content (AvgIpc) is 2.93. The van der Waals surface area contributed by atoms with Crippen LogP contribution in [0.4, 0.5) is 0 Å². The Morgan fingerprint density at radius 1 is 0.955 bits per heavy atom. The van der Waals surface area contributed by atoms with Crippen LogP contribution in [0, 0.1) is 5.41 Å². The van der Waals surface area contributed by atoms with Crippen LogP contribution in [0.25, 0.3) is 20.2 Å². The Labute approximate surface area is 136 Å². The molecule has 2 aromatic carbocycles. The van der Waals surface area contributed by atoms with Crippen LogP contribution in [0.3, 0.4) is 0 Å². The van der Waals surface area contributed by atoms with Gasteiger partial charge in [-0.15, -0.1) is 11.3 Å². The summed E-state index contributed by atoms with van der Waals surface area (Å²) >= 11 is 1.87. The van der Waals surface area contributed by atoms with E-state index in [1.54, 1.807) is 0 Å². The molecule has 112 valence electrons. The third-order valence-electron chi connectivity index (χ3n) is 5.53. The molecule has 0 amide bonds. The number of hydrogen-bond donors (Lipinski definition) is 0. The van der Waals surface area contributed by atoms with E-state index < -0.39 is 0 Å². The maximum Gasteiger partial charge on any atom is 0.327 e. The molecule has 0 bridgehead atoms. The molecule has 1 aliphatic heterocycles. The molecule has 0 radical (unpaired) electrons. The van der Waals surface area contributed by atoms with Gasteiger partial charge in [-0.1, -0.05) is 44.2 Å². The monoisotopic (exact) mass is 308 g/mol. The highest BCUT2D eigenvalue weighted by atomic mass is 32.1. The molecule has 4 rings (SSSR count). The Balaban J connectivity index is 1.82. The minimum atomic E-state index is -0.0800. The molecule has 1 aromatic heterocycles. The van der Waals surface area contributed by atoms with E-state index in [0.717, 1.165) is 6.32 Å². The molecule has 3 aromatic rings. The van der Waals surface area contributed by atoms with E-state index in [0.29, 0.717) is 0 Å².